The molecule has 0 spiro atoms. The van der Waals surface area contributed by atoms with E-state index in [1.165, 1.54) is 11.3 Å². The van der Waals surface area contributed by atoms with Crippen molar-refractivity contribution in [1.82, 2.24) is 14.7 Å². The van der Waals surface area contributed by atoms with Gasteiger partial charge in [-0.3, -0.25) is 14.5 Å². The van der Waals surface area contributed by atoms with Gasteiger partial charge in [0, 0.05) is 50.6 Å². The topological polar surface area (TPSA) is 53.1 Å². The van der Waals surface area contributed by atoms with Crippen LogP contribution < -0.4 is 0 Å². The fraction of sp³-hybridized carbons (Fsp3) is 0.714. The van der Waals surface area contributed by atoms with E-state index in [9.17, 15) is 9.59 Å². The van der Waals surface area contributed by atoms with Gasteiger partial charge < -0.3 is 14.5 Å². The first kappa shape index (κ1) is 19.9. The van der Waals surface area contributed by atoms with Crippen molar-refractivity contribution in [2.45, 2.75) is 38.3 Å². The van der Waals surface area contributed by atoms with Crippen LogP contribution in [0.1, 0.15) is 30.6 Å². The van der Waals surface area contributed by atoms with Crippen LogP contribution in [0, 0.1) is 11.8 Å². The number of carbonyl (C=O) groups is 2. The molecule has 0 aromatic carbocycles. The summed E-state index contributed by atoms with van der Waals surface area (Å²) in [5.74, 6) is 1.56. The zero-order valence-electron chi connectivity index (χ0n) is 16.7. The molecule has 3 aliphatic heterocycles. The molecule has 6 nitrogen and oxygen atoms in total. The molecule has 4 heterocycles. The highest BCUT2D eigenvalue weighted by atomic mass is 32.1. The smallest absolute Gasteiger partial charge is 0.237 e. The summed E-state index contributed by atoms with van der Waals surface area (Å²) in [7, 11) is 1.68. The molecule has 154 valence electrons. The van der Waals surface area contributed by atoms with Gasteiger partial charge in [0.2, 0.25) is 11.8 Å². The number of carbonyl (C=O) groups excluding carboxylic acids is 2. The molecular weight excluding hydrogens is 374 g/mol. The second-order valence-electron chi connectivity index (χ2n) is 8.45. The standard InChI is InChI=1S/C21H31N3O3S/c1-27-8-7-23(14-18-4-3-9-28-18)21(26)15-22-11-16-10-17(13-22)19-5-2-6-20(25)24(19)12-16/h3-4,9,16-17,19H,2,5-8,10-15H2,1H3/t16?,17?,19-/m1/s1. The summed E-state index contributed by atoms with van der Waals surface area (Å²) in [6.07, 6.45) is 4.08. The highest BCUT2D eigenvalue weighted by Gasteiger charge is 2.44. The summed E-state index contributed by atoms with van der Waals surface area (Å²) in [6, 6.07) is 4.51. The molecule has 3 atom stereocenters. The number of hydrogen-bond donors (Lipinski definition) is 0. The molecule has 1 aromatic rings. The van der Waals surface area contributed by atoms with Gasteiger partial charge in [0.15, 0.2) is 0 Å². The zero-order valence-corrected chi connectivity index (χ0v) is 17.5. The molecule has 0 saturated carbocycles. The average molecular weight is 406 g/mol. The van der Waals surface area contributed by atoms with E-state index in [1.54, 1.807) is 18.4 Å². The molecule has 28 heavy (non-hydrogen) atoms. The molecule has 2 amide bonds. The molecule has 3 fully saturated rings. The summed E-state index contributed by atoms with van der Waals surface area (Å²) in [4.78, 5) is 33.0. The van der Waals surface area contributed by atoms with Crippen LogP contribution in [0.3, 0.4) is 0 Å². The number of fused-ring (bicyclic) bond motifs is 4. The van der Waals surface area contributed by atoms with Gasteiger partial charge in [0.1, 0.15) is 0 Å². The van der Waals surface area contributed by atoms with E-state index in [2.05, 4.69) is 21.2 Å². The van der Waals surface area contributed by atoms with E-state index in [4.69, 9.17) is 4.74 Å². The Balaban J connectivity index is 1.37. The van der Waals surface area contributed by atoms with Crippen molar-refractivity contribution in [1.29, 1.82) is 0 Å². The number of nitrogens with zero attached hydrogens (tertiary/aromatic N) is 3. The first-order chi connectivity index (χ1) is 13.6. The number of hydrogen-bond acceptors (Lipinski definition) is 5. The van der Waals surface area contributed by atoms with E-state index in [0.29, 0.717) is 50.0 Å². The molecule has 3 aliphatic rings. The normalized spacial score (nSPS) is 27.5. The van der Waals surface area contributed by atoms with E-state index < -0.39 is 0 Å². The van der Waals surface area contributed by atoms with Crippen molar-refractivity contribution in [2.24, 2.45) is 11.8 Å². The van der Waals surface area contributed by atoms with Crippen molar-refractivity contribution < 1.29 is 14.3 Å². The van der Waals surface area contributed by atoms with Crippen LogP contribution in [0.4, 0.5) is 0 Å². The quantitative estimate of drug-likeness (QED) is 0.697. The minimum Gasteiger partial charge on any atom is -0.383 e. The van der Waals surface area contributed by atoms with Crippen LogP contribution in [0.2, 0.25) is 0 Å². The second kappa shape index (κ2) is 8.93. The minimum atomic E-state index is 0.182. The number of methoxy groups -OCH3 is 1. The SMILES string of the molecule is COCCN(Cc1cccs1)C(=O)CN1CC2CC(C1)[C@H]1CCCC(=O)N1C2. The van der Waals surface area contributed by atoms with Crippen LogP contribution in [-0.4, -0.2) is 79.0 Å². The summed E-state index contributed by atoms with van der Waals surface area (Å²) in [5, 5.41) is 2.05. The van der Waals surface area contributed by atoms with E-state index >= 15 is 0 Å². The van der Waals surface area contributed by atoms with Crippen LogP contribution in [0.15, 0.2) is 17.5 Å². The van der Waals surface area contributed by atoms with Crippen molar-refractivity contribution in [2.75, 3.05) is 46.4 Å². The molecule has 0 N–H and O–H groups in total. The maximum atomic E-state index is 13.1. The lowest BCUT2D eigenvalue weighted by molar-refractivity contribution is -0.147. The Morgan fingerprint density at radius 1 is 1.36 bits per heavy atom. The Bertz CT molecular complexity index is 680. The lowest BCUT2D eigenvalue weighted by atomic mass is 9.76. The summed E-state index contributed by atoms with van der Waals surface area (Å²) < 4.78 is 5.22. The van der Waals surface area contributed by atoms with E-state index in [1.807, 2.05) is 11.0 Å². The van der Waals surface area contributed by atoms with Crippen LogP contribution in [-0.2, 0) is 20.9 Å². The van der Waals surface area contributed by atoms with Crippen LogP contribution in [0.25, 0.3) is 0 Å². The molecule has 3 saturated heterocycles. The third-order valence-electron chi connectivity index (χ3n) is 6.46. The van der Waals surface area contributed by atoms with Gasteiger partial charge in [-0.1, -0.05) is 6.07 Å². The van der Waals surface area contributed by atoms with Gasteiger partial charge >= 0.3 is 0 Å². The van der Waals surface area contributed by atoms with Gasteiger partial charge in [0.25, 0.3) is 0 Å². The summed E-state index contributed by atoms with van der Waals surface area (Å²) in [6.45, 7) is 5.06. The molecule has 2 bridgehead atoms. The number of amides is 2. The number of thiophene rings is 1. The molecule has 7 heteroatoms. The number of likely N-dealkylation sites (tertiary alicyclic amines) is 1. The fourth-order valence-electron chi connectivity index (χ4n) is 5.22. The second-order valence-corrected chi connectivity index (χ2v) is 9.48. The van der Waals surface area contributed by atoms with Gasteiger partial charge in [-0.15, -0.1) is 11.3 Å². The third-order valence-corrected chi connectivity index (χ3v) is 7.32. The molecule has 0 radical (unpaired) electrons. The minimum absolute atomic E-state index is 0.182. The first-order valence-corrected chi connectivity index (χ1v) is 11.3. The van der Waals surface area contributed by atoms with Gasteiger partial charge in [-0.25, -0.2) is 0 Å². The fourth-order valence-corrected chi connectivity index (χ4v) is 5.94. The van der Waals surface area contributed by atoms with Crippen molar-refractivity contribution in [3.05, 3.63) is 22.4 Å². The zero-order chi connectivity index (χ0) is 19.5. The Morgan fingerprint density at radius 2 is 2.25 bits per heavy atom. The van der Waals surface area contributed by atoms with Crippen molar-refractivity contribution in [3.63, 3.8) is 0 Å². The highest BCUT2D eigenvalue weighted by molar-refractivity contribution is 7.09. The number of ether oxygens (including phenoxy) is 1. The monoisotopic (exact) mass is 405 g/mol. The van der Waals surface area contributed by atoms with Gasteiger partial charge in [0.05, 0.1) is 19.7 Å². The number of piperidine rings is 3. The lowest BCUT2D eigenvalue weighted by Gasteiger charge is -2.52. The lowest BCUT2D eigenvalue weighted by Crippen LogP contribution is -2.61. The Hall–Kier alpha value is -1.44. The molecule has 1 aromatic heterocycles. The largest absolute Gasteiger partial charge is 0.383 e. The van der Waals surface area contributed by atoms with Crippen LogP contribution in [0.5, 0.6) is 0 Å². The van der Waals surface area contributed by atoms with E-state index in [-0.39, 0.29) is 5.91 Å². The Morgan fingerprint density at radius 3 is 3.04 bits per heavy atom. The molecule has 0 aliphatic carbocycles. The predicted molar refractivity (Wildman–Crippen MR) is 109 cm³/mol. The summed E-state index contributed by atoms with van der Waals surface area (Å²) >= 11 is 1.69. The van der Waals surface area contributed by atoms with Gasteiger partial charge in [-0.05, 0) is 42.5 Å². The molecule has 2 unspecified atom stereocenters. The molecule has 4 rings (SSSR count). The maximum absolute atomic E-state index is 13.1. The number of rotatable bonds is 7. The average Bonchev–Trinajstić information content (AvgIpc) is 3.19. The van der Waals surface area contributed by atoms with Crippen molar-refractivity contribution >= 4 is 23.2 Å². The van der Waals surface area contributed by atoms with Gasteiger partial charge in [-0.2, -0.15) is 0 Å². The Labute approximate surface area is 171 Å². The first-order valence-electron chi connectivity index (χ1n) is 10.4. The third kappa shape index (κ3) is 4.42. The molecular formula is C21H31N3O3S. The van der Waals surface area contributed by atoms with Crippen molar-refractivity contribution in [3.8, 4) is 0 Å². The predicted octanol–water partition coefficient (Wildman–Crippen LogP) is 2.06. The van der Waals surface area contributed by atoms with Crippen LogP contribution >= 0.6 is 11.3 Å². The maximum Gasteiger partial charge on any atom is 0.237 e. The highest BCUT2D eigenvalue weighted by Crippen LogP contribution is 2.37. The Kier molecular flexibility index (Phi) is 6.33. The van der Waals surface area contributed by atoms with E-state index in [0.717, 1.165) is 38.9 Å². The summed E-state index contributed by atoms with van der Waals surface area (Å²) in [5.41, 5.74) is 0.